The topological polar surface area (TPSA) is 99.5 Å². The summed E-state index contributed by atoms with van der Waals surface area (Å²) < 4.78 is 16.4. The fraction of sp³-hybridized carbons (Fsp3) is 0.136. The lowest BCUT2D eigenvalue weighted by Gasteiger charge is -2.12. The van der Waals surface area contributed by atoms with Crippen molar-refractivity contribution in [3.63, 3.8) is 0 Å². The summed E-state index contributed by atoms with van der Waals surface area (Å²) in [5.74, 6) is 1.50. The predicted octanol–water partition coefficient (Wildman–Crippen LogP) is 4.73. The number of H-pyrrole nitrogens is 1. The zero-order valence-corrected chi connectivity index (χ0v) is 16.4. The van der Waals surface area contributed by atoms with Crippen molar-refractivity contribution in [1.29, 1.82) is 0 Å². The van der Waals surface area contributed by atoms with E-state index in [1.807, 2.05) is 42.5 Å². The van der Waals surface area contributed by atoms with Gasteiger partial charge in [0.1, 0.15) is 18.2 Å². The van der Waals surface area contributed by atoms with E-state index in [-0.39, 0.29) is 23.8 Å². The number of nitrogens with zero attached hydrogens (tertiary/aromatic N) is 2. The van der Waals surface area contributed by atoms with Crippen LogP contribution < -0.4 is 14.2 Å². The smallest absolute Gasteiger partial charge is 0.315 e. The lowest BCUT2D eigenvalue weighted by molar-refractivity contribution is -0.386. The highest BCUT2D eigenvalue weighted by Gasteiger charge is 2.24. The molecular formula is C22H19N3O5. The van der Waals surface area contributed by atoms with E-state index in [4.69, 9.17) is 14.2 Å². The van der Waals surface area contributed by atoms with Crippen LogP contribution in [-0.2, 0) is 6.61 Å². The number of methoxy groups -OCH3 is 2. The first kappa shape index (κ1) is 19.3. The van der Waals surface area contributed by atoms with Gasteiger partial charge in [-0.05, 0) is 23.8 Å². The number of aromatic nitrogens is 2. The SMILES string of the molecule is COc1ccc2nc(-c3cc(OC)c(OCc4ccccc4)c([N+](=O)[O-])c3)[nH]c2c1. The van der Waals surface area contributed by atoms with Crippen molar-refractivity contribution in [2.24, 2.45) is 0 Å². The van der Waals surface area contributed by atoms with Gasteiger partial charge in [0.15, 0.2) is 5.75 Å². The molecule has 8 heteroatoms. The molecule has 0 fully saturated rings. The second kappa shape index (κ2) is 8.12. The highest BCUT2D eigenvalue weighted by Crippen LogP contribution is 2.41. The average Bonchev–Trinajstić information content (AvgIpc) is 3.21. The van der Waals surface area contributed by atoms with Crippen LogP contribution in [0.25, 0.3) is 22.4 Å². The minimum atomic E-state index is -0.488. The maximum absolute atomic E-state index is 11.8. The molecule has 0 saturated carbocycles. The maximum atomic E-state index is 11.8. The molecule has 1 heterocycles. The Morgan fingerprint density at radius 3 is 2.53 bits per heavy atom. The number of fused-ring (bicyclic) bond motifs is 1. The molecule has 0 radical (unpaired) electrons. The monoisotopic (exact) mass is 405 g/mol. The van der Waals surface area contributed by atoms with E-state index in [1.54, 1.807) is 19.2 Å². The van der Waals surface area contributed by atoms with Gasteiger partial charge in [0, 0.05) is 17.7 Å². The van der Waals surface area contributed by atoms with Gasteiger partial charge in [-0.15, -0.1) is 0 Å². The first-order valence-electron chi connectivity index (χ1n) is 9.16. The third-order valence-corrected chi connectivity index (χ3v) is 4.64. The average molecular weight is 405 g/mol. The minimum absolute atomic E-state index is 0.0767. The summed E-state index contributed by atoms with van der Waals surface area (Å²) in [5.41, 5.74) is 2.69. The van der Waals surface area contributed by atoms with Gasteiger partial charge in [0.2, 0.25) is 5.75 Å². The molecule has 8 nitrogen and oxygen atoms in total. The molecule has 1 N–H and O–H groups in total. The van der Waals surface area contributed by atoms with Crippen LogP contribution in [0.3, 0.4) is 0 Å². The van der Waals surface area contributed by atoms with Gasteiger partial charge in [-0.25, -0.2) is 4.98 Å². The van der Waals surface area contributed by atoms with Gasteiger partial charge in [0.05, 0.1) is 30.2 Å². The summed E-state index contributed by atoms with van der Waals surface area (Å²) in [6, 6.07) is 17.9. The number of hydrogen-bond donors (Lipinski definition) is 1. The summed E-state index contributed by atoms with van der Waals surface area (Å²) in [5, 5.41) is 11.8. The van der Waals surface area contributed by atoms with Crippen molar-refractivity contribution in [3.05, 3.63) is 76.3 Å². The number of nitro groups is 1. The van der Waals surface area contributed by atoms with Crippen LogP contribution in [0, 0.1) is 10.1 Å². The summed E-state index contributed by atoms with van der Waals surface area (Å²) in [7, 11) is 3.03. The number of aromatic amines is 1. The van der Waals surface area contributed by atoms with E-state index < -0.39 is 4.92 Å². The highest BCUT2D eigenvalue weighted by molar-refractivity contribution is 5.82. The summed E-state index contributed by atoms with van der Waals surface area (Å²) >= 11 is 0. The van der Waals surface area contributed by atoms with Crippen LogP contribution in [0.5, 0.6) is 17.2 Å². The van der Waals surface area contributed by atoms with Crippen molar-refractivity contribution in [3.8, 4) is 28.6 Å². The van der Waals surface area contributed by atoms with Crippen LogP contribution in [0.15, 0.2) is 60.7 Å². The molecule has 4 aromatic rings. The number of ether oxygens (including phenoxy) is 3. The lowest BCUT2D eigenvalue weighted by atomic mass is 10.1. The molecule has 4 rings (SSSR count). The number of benzene rings is 3. The van der Waals surface area contributed by atoms with Crippen LogP contribution >= 0.6 is 0 Å². The van der Waals surface area contributed by atoms with Crippen LogP contribution in [0.1, 0.15) is 5.56 Å². The molecule has 0 amide bonds. The molecule has 0 bridgehead atoms. The largest absolute Gasteiger partial charge is 0.497 e. The minimum Gasteiger partial charge on any atom is -0.497 e. The first-order chi connectivity index (χ1) is 14.6. The molecule has 0 aliphatic rings. The Bertz CT molecular complexity index is 1200. The van der Waals surface area contributed by atoms with Gasteiger partial charge in [-0.1, -0.05) is 30.3 Å². The number of nitro benzene ring substituents is 1. The van der Waals surface area contributed by atoms with E-state index in [9.17, 15) is 10.1 Å². The molecule has 0 spiro atoms. The predicted molar refractivity (Wildman–Crippen MR) is 112 cm³/mol. The van der Waals surface area contributed by atoms with Crippen LogP contribution in [0.2, 0.25) is 0 Å². The maximum Gasteiger partial charge on any atom is 0.315 e. The third kappa shape index (κ3) is 3.75. The normalized spacial score (nSPS) is 10.7. The van der Waals surface area contributed by atoms with Crippen LogP contribution in [-0.4, -0.2) is 29.1 Å². The highest BCUT2D eigenvalue weighted by atomic mass is 16.6. The zero-order chi connectivity index (χ0) is 21.1. The standard InChI is InChI=1S/C22H19N3O5/c1-28-16-8-9-17-18(12-16)24-22(23-17)15-10-19(25(26)27)21(20(11-15)29-2)30-13-14-6-4-3-5-7-14/h3-12H,13H2,1-2H3,(H,23,24). The quantitative estimate of drug-likeness (QED) is 0.352. The second-order valence-electron chi connectivity index (χ2n) is 6.53. The van der Waals surface area contributed by atoms with Crippen molar-refractivity contribution in [2.45, 2.75) is 6.61 Å². The molecular weight excluding hydrogens is 386 g/mol. The van der Waals surface area contributed by atoms with Gasteiger partial charge < -0.3 is 19.2 Å². The van der Waals surface area contributed by atoms with Gasteiger partial charge in [0.25, 0.3) is 0 Å². The fourth-order valence-electron chi connectivity index (χ4n) is 3.14. The fourth-order valence-corrected chi connectivity index (χ4v) is 3.14. The van der Waals surface area contributed by atoms with E-state index in [2.05, 4.69) is 9.97 Å². The molecule has 0 aliphatic heterocycles. The van der Waals surface area contributed by atoms with Crippen molar-refractivity contribution >= 4 is 16.7 Å². The van der Waals surface area contributed by atoms with Gasteiger partial charge in [-0.3, -0.25) is 10.1 Å². The zero-order valence-electron chi connectivity index (χ0n) is 16.4. The van der Waals surface area contributed by atoms with Crippen molar-refractivity contribution in [2.75, 3.05) is 14.2 Å². The molecule has 0 saturated heterocycles. The Kier molecular flexibility index (Phi) is 5.21. The van der Waals surface area contributed by atoms with Gasteiger partial charge >= 0.3 is 5.69 Å². The summed E-state index contributed by atoms with van der Waals surface area (Å²) in [4.78, 5) is 19.0. The molecule has 0 atom stereocenters. The summed E-state index contributed by atoms with van der Waals surface area (Å²) in [6.45, 7) is 0.182. The van der Waals surface area contributed by atoms with E-state index in [1.165, 1.54) is 13.2 Å². The van der Waals surface area contributed by atoms with Gasteiger partial charge in [-0.2, -0.15) is 0 Å². The Morgan fingerprint density at radius 2 is 1.83 bits per heavy atom. The Labute approximate surface area is 172 Å². The Morgan fingerprint density at radius 1 is 1.03 bits per heavy atom. The molecule has 30 heavy (non-hydrogen) atoms. The van der Waals surface area contributed by atoms with Crippen molar-refractivity contribution in [1.82, 2.24) is 9.97 Å². The van der Waals surface area contributed by atoms with Crippen molar-refractivity contribution < 1.29 is 19.1 Å². The van der Waals surface area contributed by atoms with E-state index >= 15 is 0 Å². The van der Waals surface area contributed by atoms with E-state index in [0.29, 0.717) is 17.1 Å². The molecule has 0 aliphatic carbocycles. The Hall–Kier alpha value is -4.07. The molecule has 0 unspecified atom stereocenters. The lowest BCUT2D eigenvalue weighted by Crippen LogP contribution is -2.02. The number of imidazole rings is 1. The Balaban J connectivity index is 1.75. The van der Waals surface area contributed by atoms with Crippen LogP contribution in [0.4, 0.5) is 5.69 Å². The third-order valence-electron chi connectivity index (χ3n) is 4.64. The second-order valence-corrected chi connectivity index (χ2v) is 6.53. The van der Waals surface area contributed by atoms with E-state index in [0.717, 1.165) is 16.6 Å². The number of rotatable bonds is 7. The molecule has 3 aromatic carbocycles. The molecule has 1 aromatic heterocycles. The number of hydrogen-bond acceptors (Lipinski definition) is 6. The number of nitrogens with one attached hydrogen (secondary N) is 1. The molecule has 152 valence electrons. The first-order valence-corrected chi connectivity index (χ1v) is 9.16. The summed E-state index contributed by atoms with van der Waals surface area (Å²) in [6.07, 6.45) is 0.